The summed E-state index contributed by atoms with van der Waals surface area (Å²) < 4.78 is 27.1. The first-order chi connectivity index (χ1) is 8.63. The fourth-order valence-corrected chi connectivity index (χ4v) is 4.12. The second-order valence-electron chi connectivity index (χ2n) is 5.56. The molecule has 0 spiro atoms. The highest BCUT2D eigenvalue weighted by Gasteiger charge is 2.39. The highest BCUT2D eigenvalue weighted by atomic mass is 79.9. The molecule has 0 saturated heterocycles. The summed E-state index contributed by atoms with van der Waals surface area (Å²) in [6.07, 6.45) is 5.30. The third-order valence-corrected chi connectivity index (χ3v) is 5.06. The van der Waals surface area contributed by atoms with E-state index in [0.717, 1.165) is 24.4 Å². The van der Waals surface area contributed by atoms with Gasteiger partial charge in [0, 0.05) is 17.1 Å². The Morgan fingerprint density at radius 2 is 2.06 bits per heavy atom. The van der Waals surface area contributed by atoms with Crippen molar-refractivity contribution in [2.24, 2.45) is 17.8 Å². The van der Waals surface area contributed by atoms with E-state index in [1.165, 1.54) is 31.7 Å². The zero-order chi connectivity index (χ0) is 12.7. The van der Waals surface area contributed by atoms with Gasteiger partial charge in [-0.3, -0.25) is 0 Å². The monoisotopic (exact) mass is 315 g/mol. The molecule has 1 aromatic carbocycles. The Labute approximate surface area is 114 Å². The average molecular weight is 316 g/mol. The summed E-state index contributed by atoms with van der Waals surface area (Å²) >= 11 is 3.21. The topological polar surface area (TPSA) is 12.0 Å². The number of anilines is 1. The Morgan fingerprint density at radius 1 is 1.22 bits per heavy atom. The summed E-state index contributed by atoms with van der Waals surface area (Å²) in [4.78, 5) is 0. The van der Waals surface area contributed by atoms with E-state index in [4.69, 9.17) is 0 Å². The number of hydrogen-bond acceptors (Lipinski definition) is 1. The fourth-order valence-electron chi connectivity index (χ4n) is 3.57. The number of hydrogen-bond donors (Lipinski definition) is 1. The van der Waals surface area contributed by atoms with Crippen LogP contribution in [0.2, 0.25) is 0 Å². The standard InChI is InChI=1S/C14H16BrF2N/c15-12-5-11(16)6-13(17)14(12)18-7-10-4-8-1-2-9(10)3-8/h5-6,8-10,18H,1-4,7H2. The Bertz CT molecular complexity index is 440. The molecule has 98 valence electrons. The molecule has 4 heteroatoms. The van der Waals surface area contributed by atoms with E-state index in [1.54, 1.807) is 0 Å². The van der Waals surface area contributed by atoms with Crippen LogP contribution in [0.25, 0.3) is 0 Å². The molecule has 3 unspecified atom stereocenters. The van der Waals surface area contributed by atoms with Gasteiger partial charge in [-0.2, -0.15) is 0 Å². The lowest BCUT2D eigenvalue weighted by Crippen LogP contribution is -2.20. The van der Waals surface area contributed by atoms with E-state index >= 15 is 0 Å². The van der Waals surface area contributed by atoms with Crippen LogP contribution in [0.5, 0.6) is 0 Å². The molecule has 3 rings (SSSR count). The van der Waals surface area contributed by atoms with Crippen molar-refractivity contribution in [3.8, 4) is 0 Å². The average Bonchev–Trinajstić information content (AvgIpc) is 2.89. The Balaban J connectivity index is 1.67. The maximum absolute atomic E-state index is 13.6. The second-order valence-corrected chi connectivity index (χ2v) is 6.41. The lowest BCUT2D eigenvalue weighted by atomic mass is 9.89. The summed E-state index contributed by atoms with van der Waals surface area (Å²) in [5.41, 5.74) is 0.388. The van der Waals surface area contributed by atoms with Crippen molar-refractivity contribution >= 4 is 21.6 Å². The zero-order valence-electron chi connectivity index (χ0n) is 10.1. The summed E-state index contributed by atoms with van der Waals surface area (Å²) in [6.45, 7) is 0.794. The molecule has 1 N–H and O–H groups in total. The van der Waals surface area contributed by atoms with Crippen molar-refractivity contribution < 1.29 is 8.78 Å². The third kappa shape index (κ3) is 2.27. The molecule has 3 atom stereocenters. The first kappa shape index (κ1) is 12.4. The molecular weight excluding hydrogens is 300 g/mol. The van der Waals surface area contributed by atoms with E-state index in [9.17, 15) is 8.78 Å². The van der Waals surface area contributed by atoms with Gasteiger partial charge in [0.15, 0.2) is 0 Å². The van der Waals surface area contributed by atoms with Crippen LogP contribution in [0.3, 0.4) is 0 Å². The van der Waals surface area contributed by atoms with E-state index in [1.807, 2.05) is 0 Å². The summed E-state index contributed by atoms with van der Waals surface area (Å²) in [6, 6.07) is 2.22. The largest absolute Gasteiger partial charge is 0.381 e. The molecule has 2 saturated carbocycles. The van der Waals surface area contributed by atoms with Crippen molar-refractivity contribution in [1.82, 2.24) is 0 Å². The molecule has 2 aliphatic rings. The molecule has 0 radical (unpaired) electrons. The molecule has 0 aliphatic heterocycles. The minimum Gasteiger partial charge on any atom is -0.381 e. The van der Waals surface area contributed by atoms with Crippen molar-refractivity contribution in [2.75, 3.05) is 11.9 Å². The van der Waals surface area contributed by atoms with Crippen LogP contribution in [0.1, 0.15) is 25.7 Å². The second kappa shape index (κ2) is 4.80. The summed E-state index contributed by atoms with van der Waals surface area (Å²) in [7, 11) is 0. The van der Waals surface area contributed by atoms with Gasteiger partial charge in [-0.05, 0) is 59.0 Å². The highest BCUT2D eigenvalue weighted by molar-refractivity contribution is 9.10. The first-order valence-corrected chi connectivity index (χ1v) is 7.31. The van der Waals surface area contributed by atoms with Gasteiger partial charge in [-0.25, -0.2) is 8.78 Å². The van der Waals surface area contributed by atoms with E-state index in [2.05, 4.69) is 21.2 Å². The van der Waals surface area contributed by atoms with Crippen LogP contribution in [0.4, 0.5) is 14.5 Å². The molecule has 18 heavy (non-hydrogen) atoms. The van der Waals surface area contributed by atoms with Gasteiger partial charge in [0.05, 0.1) is 5.69 Å². The minimum atomic E-state index is -0.551. The van der Waals surface area contributed by atoms with Crippen LogP contribution in [-0.2, 0) is 0 Å². The maximum Gasteiger partial charge on any atom is 0.150 e. The van der Waals surface area contributed by atoms with Gasteiger partial charge < -0.3 is 5.32 Å². The van der Waals surface area contributed by atoms with E-state index in [-0.39, 0.29) is 0 Å². The van der Waals surface area contributed by atoms with Gasteiger partial charge in [-0.15, -0.1) is 0 Å². The summed E-state index contributed by atoms with van der Waals surface area (Å²) in [5.74, 6) is 1.28. The van der Waals surface area contributed by atoms with Crippen molar-refractivity contribution in [1.29, 1.82) is 0 Å². The van der Waals surface area contributed by atoms with Crippen molar-refractivity contribution in [2.45, 2.75) is 25.7 Å². The lowest BCUT2D eigenvalue weighted by Gasteiger charge is -2.22. The van der Waals surface area contributed by atoms with Crippen LogP contribution in [-0.4, -0.2) is 6.54 Å². The number of nitrogens with one attached hydrogen (secondary N) is 1. The van der Waals surface area contributed by atoms with Crippen molar-refractivity contribution in [3.05, 3.63) is 28.2 Å². The predicted octanol–water partition coefficient (Wildman–Crippen LogP) is 4.58. The number of rotatable bonds is 3. The smallest absolute Gasteiger partial charge is 0.150 e. The molecule has 2 bridgehead atoms. The zero-order valence-corrected chi connectivity index (χ0v) is 11.6. The molecule has 2 fully saturated rings. The van der Waals surface area contributed by atoms with Gasteiger partial charge >= 0.3 is 0 Å². The minimum absolute atomic E-state index is 0.388. The first-order valence-electron chi connectivity index (χ1n) is 6.52. The Kier molecular flexibility index (Phi) is 3.31. The third-order valence-electron chi connectivity index (χ3n) is 4.43. The van der Waals surface area contributed by atoms with Gasteiger partial charge in [-0.1, -0.05) is 6.42 Å². The summed E-state index contributed by atoms with van der Waals surface area (Å²) in [5, 5.41) is 3.15. The van der Waals surface area contributed by atoms with Crippen LogP contribution in [0, 0.1) is 29.4 Å². The van der Waals surface area contributed by atoms with E-state index < -0.39 is 11.6 Å². The molecule has 1 nitrogen and oxygen atoms in total. The SMILES string of the molecule is Fc1cc(F)c(NCC2CC3CCC2C3)c(Br)c1. The molecule has 1 aromatic rings. The maximum atomic E-state index is 13.6. The molecule has 0 heterocycles. The number of halogens is 3. The van der Waals surface area contributed by atoms with Crippen LogP contribution >= 0.6 is 15.9 Å². The normalized spacial score (nSPS) is 29.8. The van der Waals surface area contributed by atoms with Crippen LogP contribution < -0.4 is 5.32 Å². The Hall–Kier alpha value is -0.640. The van der Waals surface area contributed by atoms with E-state index in [0.29, 0.717) is 16.1 Å². The van der Waals surface area contributed by atoms with Crippen LogP contribution in [0.15, 0.2) is 16.6 Å². The van der Waals surface area contributed by atoms with Crippen molar-refractivity contribution in [3.63, 3.8) is 0 Å². The van der Waals surface area contributed by atoms with Gasteiger partial charge in [0.2, 0.25) is 0 Å². The Morgan fingerprint density at radius 3 is 2.67 bits per heavy atom. The molecule has 0 amide bonds. The lowest BCUT2D eigenvalue weighted by molar-refractivity contribution is 0.348. The van der Waals surface area contributed by atoms with Gasteiger partial charge in [0.25, 0.3) is 0 Å². The highest BCUT2D eigenvalue weighted by Crippen LogP contribution is 2.48. The number of fused-ring (bicyclic) bond motifs is 2. The molecular formula is C14H16BrF2N. The quantitative estimate of drug-likeness (QED) is 0.861. The number of benzene rings is 1. The molecule has 2 aliphatic carbocycles. The van der Waals surface area contributed by atoms with Gasteiger partial charge in [0.1, 0.15) is 11.6 Å². The predicted molar refractivity (Wildman–Crippen MR) is 71.5 cm³/mol. The molecule has 0 aromatic heterocycles. The fraction of sp³-hybridized carbons (Fsp3) is 0.571.